The number of halogens is 1. The highest BCUT2D eigenvalue weighted by molar-refractivity contribution is 7.47. The fourth-order valence-electron chi connectivity index (χ4n) is 7.57. The van der Waals surface area contributed by atoms with E-state index in [4.69, 9.17) is 33.7 Å². The van der Waals surface area contributed by atoms with E-state index >= 15 is 0 Å². The molecule has 5 rings (SSSR count). The molecule has 4 heterocycles. The number of phosphoric acid groups is 1. The molecule has 2 aliphatic heterocycles. The van der Waals surface area contributed by atoms with Crippen LogP contribution in [-0.4, -0.2) is 62.4 Å². The second-order valence-electron chi connectivity index (χ2n) is 15.6. The molecule has 6 atom stereocenters. The first-order valence-corrected chi connectivity index (χ1v) is 21.8. The standard InChI is InChI=1S/C41H58FN6O8P/c1-4-5-6-7-8-9-10-11-12-13-14-15-16-17-18-33(51-25-31-21-30(24-43)22-32(42)23-31)26-52-57(49,50)53-28-41(27-44)38-37(54-40(2,3)56-38)36(55-41)34-19-20-35-39(45)46-29-47-48(34)35/h19-23,29,33,36-38H,4-18,25-26,28H2,1-3H3,(H,49,50)(H2,45,46,47)/t33-,36-,37-,38-,41+/m0/s1. The molecule has 16 heteroatoms. The topological polar surface area (TPSA) is 196 Å². The number of rotatable bonds is 25. The Hall–Kier alpha value is -3.50. The minimum atomic E-state index is -4.79. The number of nitrogens with zero attached hydrogens (tertiary/aromatic N) is 5. The van der Waals surface area contributed by atoms with Crippen LogP contribution in [0.1, 0.15) is 140 Å². The van der Waals surface area contributed by atoms with E-state index in [1.54, 1.807) is 26.0 Å². The maximum atomic E-state index is 14.1. The van der Waals surface area contributed by atoms with E-state index < -0.39 is 56.1 Å². The van der Waals surface area contributed by atoms with Gasteiger partial charge in [-0.3, -0.25) is 9.05 Å². The van der Waals surface area contributed by atoms with Gasteiger partial charge in [0.1, 0.15) is 48.6 Å². The normalized spacial score (nSPS) is 22.9. The highest BCUT2D eigenvalue weighted by atomic mass is 31.2. The van der Waals surface area contributed by atoms with Gasteiger partial charge in [0.15, 0.2) is 11.6 Å². The van der Waals surface area contributed by atoms with Crippen molar-refractivity contribution < 1.29 is 41.8 Å². The zero-order chi connectivity index (χ0) is 40.9. The lowest BCUT2D eigenvalue weighted by Gasteiger charge is -2.29. The van der Waals surface area contributed by atoms with E-state index in [-0.39, 0.29) is 24.6 Å². The maximum Gasteiger partial charge on any atom is 0.472 e. The summed E-state index contributed by atoms with van der Waals surface area (Å²) in [6, 6.07) is 11.5. The van der Waals surface area contributed by atoms with Crippen molar-refractivity contribution in [2.75, 3.05) is 18.9 Å². The number of nitrogens with two attached hydrogens (primary N) is 1. The van der Waals surface area contributed by atoms with Gasteiger partial charge >= 0.3 is 7.82 Å². The molecule has 2 aliphatic rings. The molecule has 0 bridgehead atoms. The van der Waals surface area contributed by atoms with Gasteiger partial charge < -0.3 is 29.6 Å². The first-order chi connectivity index (χ1) is 27.4. The van der Waals surface area contributed by atoms with E-state index in [9.17, 15) is 24.4 Å². The van der Waals surface area contributed by atoms with Crippen molar-refractivity contribution in [3.05, 3.63) is 59.3 Å². The number of nitrogen functional groups attached to an aromatic ring is 1. The third-order valence-corrected chi connectivity index (χ3v) is 11.5. The summed E-state index contributed by atoms with van der Waals surface area (Å²) < 4.78 is 64.6. The van der Waals surface area contributed by atoms with Crippen LogP contribution in [0.5, 0.6) is 0 Å². The Morgan fingerprint density at radius 1 is 0.965 bits per heavy atom. The van der Waals surface area contributed by atoms with Crippen LogP contribution in [0.15, 0.2) is 36.7 Å². The summed E-state index contributed by atoms with van der Waals surface area (Å²) in [7, 11) is -4.79. The average Bonchev–Trinajstić information content (AvgIpc) is 3.85. The SMILES string of the molecule is CCCCCCCCCCCCCCCC[C@@H](COP(=O)(O)OC[C@@]1(C#N)O[C@@H](c2ccc3c(N)ncnn23)[C@@H]2OC(C)(C)O[C@@H]21)OCc1cc(F)cc(C#N)c1. The highest BCUT2D eigenvalue weighted by Crippen LogP contribution is 2.52. The van der Waals surface area contributed by atoms with Crippen LogP contribution in [-0.2, 0) is 39.2 Å². The predicted octanol–water partition coefficient (Wildman–Crippen LogP) is 8.77. The van der Waals surface area contributed by atoms with Crippen molar-refractivity contribution in [2.45, 2.75) is 159 Å². The molecule has 1 unspecified atom stereocenters. The van der Waals surface area contributed by atoms with E-state index in [0.29, 0.717) is 23.2 Å². The lowest BCUT2D eigenvalue weighted by Crippen LogP contribution is -2.45. The predicted molar refractivity (Wildman–Crippen MR) is 210 cm³/mol. The Kier molecular flexibility index (Phi) is 16.4. The van der Waals surface area contributed by atoms with Crippen LogP contribution in [0.25, 0.3) is 5.52 Å². The number of unbranched alkanes of at least 4 members (excludes halogenated alkanes) is 13. The summed E-state index contributed by atoms with van der Waals surface area (Å²) in [6.07, 6.45) is 15.4. The highest BCUT2D eigenvalue weighted by Gasteiger charge is 2.65. The summed E-state index contributed by atoms with van der Waals surface area (Å²) in [5.74, 6) is -1.42. The lowest BCUT2D eigenvalue weighted by atomic mass is 9.96. The number of aromatic nitrogens is 3. The first-order valence-electron chi connectivity index (χ1n) is 20.3. The number of fused-ring (bicyclic) bond motifs is 2. The molecule has 2 saturated heterocycles. The minimum Gasteiger partial charge on any atom is -0.382 e. The first kappa shape index (κ1) is 44.6. The van der Waals surface area contributed by atoms with Gasteiger partial charge in [0.25, 0.3) is 0 Å². The molecule has 1 aromatic carbocycles. The third-order valence-electron chi connectivity index (χ3n) is 10.5. The number of hydrogen-bond acceptors (Lipinski definition) is 12. The number of phosphoric ester groups is 1. The van der Waals surface area contributed by atoms with Crippen LogP contribution in [0.4, 0.5) is 10.2 Å². The van der Waals surface area contributed by atoms with Crippen LogP contribution >= 0.6 is 7.82 Å². The molecule has 2 aromatic heterocycles. The second kappa shape index (κ2) is 21.0. The molecular weight excluding hydrogens is 754 g/mol. The zero-order valence-electron chi connectivity index (χ0n) is 33.4. The molecule has 3 aromatic rings. The van der Waals surface area contributed by atoms with E-state index in [1.165, 1.54) is 87.2 Å². The summed E-state index contributed by atoms with van der Waals surface area (Å²) in [5.41, 5.74) is 5.82. The zero-order valence-corrected chi connectivity index (χ0v) is 34.3. The number of benzene rings is 1. The fourth-order valence-corrected chi connectivity index (χ4v) is 8.36. The number of hydrogen-bond donors (Lipinski definition) is 2. The van der Waals surface area contributed by atoms with Gasteiger partial charge in [0, 0.05) is 0 Å². The monoisotopic (exact) mass is 812 g/mol. The smallest absolute Gasteiger partial charge is 0.382 e. The lowest BCUT2D eigenvalue weighted by molar-refractivity contribution is -0.204. The molecule has 57 heavy (non-hydrogen) atoms. The van der Waals surface area contributed by atoms with Crippen molar-refractivity contribution >= 4 is 19.2 Å². The summed E-state index contributed by atoms with van der Waals surface area (Å²) in [4.78, 5) is 14.9. The molecule has 0 spiro atoms. The van der Waals surface area contributed by atoms with Gasteiger partial charge in [-0.15, -0.1) is 0 Å². The molecule has 2 fully saturated rings. The molecule has 0 aliphatic carbocycles. The van der Waals surface area contributed by atoms with Crippen LogP contribution < -0.4 is 5.73 Å². The number of ether oxygens (including phenoxy) is 4. The van der Waals surface area contributed by atoms with E-state index in [0.717, 1.165) is 31.7 Å². The van der Waals surface area contributed by atoms with Crippen LogP contribution in [0, 0.1) is 28.5 Å². The van der Waals surface area contributed by atoms with Crippen molar-refractivity contribution in [3.63, 3.8) is 0 Å². The van der Waals surface area contributed by atoms with Crippen LogP contribution in [0.3, 0.4) is 0 Å². The molecule has 14 nitrogen and oxygen atoms in total. The van der Waals surface area contributed by atoms with E-state index in [1.807, 2.05) is 6.07 Å². The van der Waals surface area contributed by atoms with Crippen molar-refractivity contribution in [3.8, 4) is 12.1 Å². The Morgan fingerprint density at radius 3 is 2.28 bits per heavy atom. The van der Waals surface area contributed by atoms with Gasteiger partial charge in [0.05, 0.1) is 36.6 Å². The molecule has 0 saturated carbocycles. The minimum absolute atomic E-state index is 0.0381. The maximum absolute atomic E-state index is 14.1. The van der Waals surface area contributed by atoms with Gasteiger partial charge in [0.2, 0.25) is 5.60 Å². The van der Waals surface area contributed by atoms with Gasteiger partial charge in [-0.2, -0.15) is 15.6 Å². The van der Waals surface area contributed by atoms with Gasteiger partial charge in [-0.05, 0) is 56.2 Å². The fraction of sp³-hybridized carbons (Fsp3) is 0.659. The van der Waals surface area contributed by atoms with Gasteiger partial charge in [-0.1, -0.05) is 96.8 Å². The summed E-state index contributed by atoms with van der Waals surface area (Å²) in [6.45, 7) is 4.61. The quantitative estimate of drug-likeness (QED) is 0.0609. The number of nitriles is 2. The molecular formula is C41H58FN6O8P. The third kappa shape index (κ3) is 12.5. The molecule has 0 amide bonds. The Bertz CT molecular complexity index is 1880. The molecule has 312 valence electrons. The Labute approximate surface area is 335 Å². The second-order valence-corrected chi connectivity index (χ2v) is 17.0. The van der Waals surface area contributed by atoms with Gasteiger partial charge in [-0.25, -0.2) is 18.5 Å². The number of anilines is 1. The Balaban J connectivity index is 1.15. The largest absolute Gasteiger partial charge is 0.472 e. The summed E-state index contributed by atoms with van der Waals surface area (Å²) >= 11 is 0. The van der Waals surface area contributed by atoms with E-state index in [2.05, 4.69) is 23.1 Å². The van der Waals surface area contributed by atoms with Crippen LogP contribution in [0.2, 0.25) is 0 Å². The van der Waals surface area contributed by atoms with Crippen molar-refractivity contribution in [2.24, 2.45) is 0 Å². The average molecular weight is 813 g/mol. The van der Waals surface area contributed by atoms with Crippen molar-refractivity contribution in [1.82, 2.24) is 14.6 Å². The summed E-state index contributed by atoms with van der Waals surface area (Å²) in [5, 5.41) is 24.1. The Morgan fingerprint density at radius 2 is 1.63 bits per heavy atom. The van der Waals surface area contributed by atoms with Crippen molar-refractivity contribution in [1.29, 1.82) is 10.5 Å². The molecule has 0 radical (unpaired) electrons. The molecule has 3 N–H and O–H groups in total.